The fraction of sp³-hybridized carbons (Fsp3) is 0.0588. The standard InChI is InChI=1S/C17H12N4OS/c1-10-2-5-15(22-10)16-18-12-4-3-11(8-13(12)19-16)14-9-21-6-7-23-17(21)20-14/h2-9H,1H3,(H,18,19). The Balaban J connectivity index is 1.62. The average Bonchev–Trinajstić information content (AvgIpc) is 3.28. The van der Waals surface area contributed by atoms with E-state index in [4.69, 9.17) is 4.42 Å². The first kappa shape index (κ1) is 12.7. The molecular formula is C17H12N4OS. The number of nitrogens with one attached hydrogen (secondary N) is 1. The predicted octanol–water partition coefficient (Wildman–Crippen LogP) is 4.51. The Morgan fingerprint density at radius 2 is 2.13 bits per heavy atom. The van der Waals surface area contributed by atoms with E-state index in [1.165, 1.54) is 0 Å². The van der Waals surface area contributed by atoms with Gasteiger partial charge in [-0.1, -0.05) is 6.07 Å². The highest BCUT2D eigenvalue weighted by molar-refractivity contribution is 7.15. The van der Waals surface area contributed by atoms with Crippen molar-refractivity contribution >= 4 is 27.3 Å². The molecule has 5 aromatic rings. The smallest absolute Gasteiger partial charge is 0.194 e. The van der Waals surface area contributed by atoms with E-state index in [2.05, 4.69) is 21.0 Å². The molecule has 0 spiro atoms. The molecule has 6 heteroatoms. The number of fused-ring (bicyclic) bond motifs is 2. The van der Waals surface area contributed by atoms with Crippen molar-refractivity contribution in [1.29, 1.82) is 0 Å². The minimum Gasteiger partial charge on any atom is -0.458 e. The van der Waals surface area contributed by atoms with Crippen LogP contribution in [0.5, 0.6) is 0 Å². The molecule has 23 heavy (non-hydrogen) atoms. The molecule has 5 rings (SSSR count). The number of rotatable bonds is 2. The second kappa shape index (κ2) is 4.57. The number of benzene rings is 1. The first-order chi connectivity index (χ1) is 11.3. The van der Waals surface area contributed by atoms with Crippen molar-refractivity contribution < 1.29 is 4.42 Å². The molecule has 0 bridgehead atoms. The van der Waals surface area contributed by atoms with E-state index in [0.717, 1.165) is 44.6 Å². The van der Waals surface area contributed by atoms with Gasteiger partial charge in [-0.2, -0.15) is 0 Å². The number of thiazole rings is 1. The van der Waals surface area contributed by atoms with Crippen molar-refractivity contribution in [3.63, 3.8) is 0 Å². The van der Waals surface area contributed by atoms with Crippen LogP contribution in [0.1, 0.15) is 5.76 Å². The molecule has 0 saturated heterocycles. The molecule has 1 N–H and O–H groups in total. The number of hydrogen-bond donors (Lipinski definition) is 1. The van der Waals surface area contributed by atoms with Crippen molar-refractivity contribution in [3.8, 4) is 22.8 Å². The first-order valence-corrected chi connectivity index (χ1v) is 8.13. The summed E-state index contributed by atoms with van der Waals surface area (Å²) in [6.07, 6.45) is 4.06. The Bertz CT molecular complexity index is 1120. The maximum absolute atomic E-state index is 5.64. The summed E-state index contributed by atoms with van der Waals surface area (Å²) in [7, 11) is 0. The lowest BCUT2D eigenvalue weighted by Gasteiger charge is -1.95. The molecule has 0 radical (unpaired) electrons. The van der Waals surface area contributed by atoms with Crippen LogP contribution in [0.4, 0.5) is 0 Å². The number of H-pyrrole nitrogens is 1. The number of aryl methyl sites for hydroxylation is 1. The quantitative estimate of drug-likeness (QED) is 0.520. The SMILES string of the molecule is Cc1ccc(-c2nc3ccc(-c4cn5ccsc5n4)cc3[nH]2)o1. The van der Waals surface area contributed by atoms with Crippen LogP contribution in [0.3, 0.4) is 0 Å². The zero-order valence-corrected chi connectivity index (χ0v) is 13.1. The van der Waals surface area contributed by atoms with Crippen LogP contribution in [0, 0.1) is 6.92 Å². The van der Waals surface area contributed by atoms with Gasteiger partial charge < -0.3 is 9.40 Å². The van der Waals surface area contributed by atoms with Gasteiger partial charge in [0.25, 0.3) is 0 Å². The van der Waals surface area contributed by atoms with Crippen LogP contribution >= 0.6 is 11.3 Å². The van der Waals surface area contributed by atoms with E-state index >= 15 is 0 Å². The van der Waals surface area contributed by atoms with Crippen molar-refractivity contribution in [1.82, 2.24) is 19.4 Å². The van der Waals surface area contributed by atoms with Gasteiger partial charge in [-0.25, -0.2) is 9.97 Å². The third-order valence-electron chi connectivity index (χ3n) is 3.84. The van der Waals surface area contributed by atoms with Gasteiger partial charge in [0, 0.05) is 23.3 Å². The van der Waals surface area contributed by atoms with Crippen LogP contribution in [-0.2, 0) is 0 Å². The number of hydrogen-bond acceptors (Lipinski definition) is 4. The summed E-state index contributed by atoms with van der Waals surface area (Å²) >= 11 is 1.63. The molecule has 0 saturated carbocycles. The average molecular weight is 320 g/mol. The van der Waals surface area contributed by atoms with Crippen LogP contribution in [0.2, 0.25) is 0 Å². The third kappa shape index (κ3) is 1.99. The zero-order valence-electron chi connectivity index (χ0n) is 12.3. The molecule has 4 aromatic heterocycles. The van der Waals surface area contributed by atoms with E-state index < -0.39 is 0 Å². The topological polar surface area (TPSA) is 59.1 Å². The normalized spacial score (nSPS) is 11.7. The van der Waals surface area contributed by atoms with Gasteiger partial charge in [-0.05, 0) is 31.2 Å². The molecule has 112 valence electrons. The van der Waals surface area contributed by atoms with Gasteiger partial charge in [0.2, 0.25) is 0 Å². The lowest BCUT2D eigenvalue weighted by molar-refractivity contribution is 0.545. The Morgan fingerprint density at radius 3 is 2.96 bits per heavy atom. The Morgan fingerprint density at radius 1 is 1.17 bits per heavy atom. The molecular weight excluding hydrogens is 308 g/mol. The van der Waals surface area contributed by atoms with Gasteiger partial charge in [-0.3, -0.25) is 4.40 Å². The second-order valence-corrected chi connectivity index (χ2v) is 6.32. The predicted molar refractivity (Wildman–Crippen MR) is 90.6 cm³/mol. The maximum Gasteiger partial charge on any atom is 0.194 e. The fourth-order valence-electron chi connectivity index (χ4n) is 2.71. The summed E-state index contributed by atoms with van der Waals surface area (Å²) in [6.45, 7) is 1.93. The van der Waals surface area contributed by atoms with Gasteiger partial charge in [0.15, 0.2) is 16.5 Å². The van der Waals surface area contributed by atoms with E-state index in [-0.39, 0.29) is 0 Å². The van der Waals surface area contributed by atoms with Crippen molar-refractivity contribution in [3.05, 3.63) is 53.9 Å². The van der Waals surface area contributed by atoms with Crippen molar-refractivity contribution in [2.45, 2.75) is 6.92 Å². The summed E-state index contributed by atoms with van der Waals surface area (Å²) in [5, 5.41) is 2.03. The third-order valence-corrected chi connectivity index (χ3v) is 4.62. The molecule has 0 unspecified atom stereocenters. The van der Waals surface area contributed by atoms with Crippen LogP contribution in [-0.4, -0.2) is 19.4 Å². The summed E-state index contributed by atoms with van der Waals surface area (Å²) in [4.78, 5) is 13.6. The highest BCUT2D eigenvalue weighted by Gasteiger charge is 2.11. The minimum atomic E-state index is 0.746. The summed E-state index contributed by atoms with van der Waals surface area (Å²) in [5.41, 5.74) is 3.92. The highest BCUT2D eigenvalue weighted by atomic mass is 32.1. The lowest BCUT2D eigenvalue weighted by Crippen LogP contribution is -1.78. The zero-order chi connectivity index (χ0) is 15.4. The fourth-order valence-corrected chi connectivity index (χ4v) is 3.41. The van der Waals surface area contributed by atoms with Crippen LogP contribution in [0.25, 0.3) is 38.8 Å². The Kier molecular flexibility index (Phi) is 2.51. The summed E-state index contributed by atoms with van der Waals surface area (Å²) < 4.78 is 7.67. The molecule has 5 nitrogen and oxygen atoms in total. The summed E-state index contributed by atoms with van der Waals surface area (Å²) in [5.74, 6) is 2.37. The number of nitrogens with zero attached hydrogens (tertiary/aromatic N) is 3. The largest absolute Gasteiger partial charge is 0.458 e. The molecule has 0 amide bonds. The molecule has 0 aliphatic heterocycles. The number of imidazole rings is 2. The number of aromatic amines is 1. The first-order valence-electron chi connectivity index (χ1n) is 7.25. The molecule has 0 aliphatic rings. The molecule has 4 heterocycles. The van der Waals surface area contributed by atoms with E-state index in [0.29, 0.717) is 0 Å². The number of furan rings is 1. The second-order valence-electron chi connectivity index (χ2n) is 5.45. The molecule has 0 fully saturated rings. The van der Waals surface area contributed by atoms with Crippen LogP contribution in [0.15, 0.2) is 52.5 Å². The van der Waals surface area contributed by atoms with Gasteiger partial charge in [0.05, 0.1) is 16.7 Å². The van der Waals surface area contributed by atoms with Gasteiger partial charge in [0.1, 0.15) is 5.76 Å². The van der Waals surface area contributed by atoms with Crippen molar-refractivity contribution in [2.24, 2.45) is 0 Å². The van der Waals surface area contributed by atoms with E-state index in [1.54, 1.807) is 11.3 Å². The monoisotopic (exact) mass is 320 g/mol. The van der Waals surface area contributed by atoms with Gasteiger partial charge >= 0.3 is 0 Å². The minimum absolute atomic E-state index is 0.746. The molecule has 0 aliphatic carbocycles. The van der Waals surface area contributed by atoms with E-state index in [9.17, 15) is 0 Å². The van der Waals surface area contributed by atoms with Crippen LogP contribution < -0.4 is 0 Å². The highest BCUT2D eigenvalue weighted by Crippen LogP contribution is 2.27. The maximum atomic E-state index is 5.64. The lowest BCUT2D eigenvalue weighted by atomic mass is 10.1. The van der Waals surface area contributed by atoms with E-state index in [1.807, 2.05) is 53.4 Å². The molecule has 1 aromatic carbocycles. The van der Waals surface area contributed by atoms with Gasteiger partial charge in [-0.15, -0.1) is 11.3 Å². The Hall–Kier alpha value is -2.86. The van der Waals surface area contributed by atoms with Crippen molar-refractivity contribution in [2.75, 3.05) is 0 Å². The Labute approximate surface area is 135 Å². The summed E-state index contributed by atoms with van der Waals surface area (Å²) in [6, 6.07) is 10.00. The molecule has 0 atom stereocenters. The number of aromatic nitrogens is 4.